The van der Waals surface area contributed by atoms with Gasteiger partial charge in [-0.2, -0.15) is 0 Å². The molecule has 0 aromatic carbocycles. The van der Waals surface area contributed by atoms with Crippen LogP contribution in [-0.4, -0.2) is 28.7 Å². The first-order chi connectivity index (χ1) is 14.3. The van der Waals surface area contributed by atoms with Crippen molar-refractivity contribution in [1.82, 2.24) is 28.7 Å². The molecule has 0 unspecified atom stereocenters. The van der Waals surface area contributed by atoms with Crippen molar-refractivity contribution >= 4 is 22.8 Å². The summed E-state index contributed by atoms with van der Waals surface area (Å²) in [6, 6.07) is 1.46. The topological polar surface area (TPSA) is 125 Å². The number of aromatic amines is 1. The van der Waals surface area contributed by atoms with E-state index in [1.165, 1.54) is 29.4 Å². The van der Waals surface area contributed by atoms with Crippen molar-refractivity contribution in [2.75, 3.05) is 0 Å². The lowest BCUT2D eigenvalue weighted by Gasteiger charge is -2.13. The zero-order valence-electron chi connectivity index (χ0n) is 16.5. The van der Waals surface area contributed by atoms with Gasteiger partial charge < -0.3 is 0 Å². The van der Waals surface area contributed by atoms with Gasteiger partial charge in [0.25, 0.3) is 11.1 Å². The lowest BCUT2D eigenvalue weighted by atomic mass is 10.3. The maximum atomic E-state index is 12.7. The van der Waals surface area contributed by atoms with E-state index in [0.29, 0.717) is 22.2 Å². The number of nitrogens with one attached hydrogen (secondary N) is 1. The Balaban J connectivity index is 1.65. The van der Waals surface area contributed by atoms with E-state index in [-0.39, 0.29) is 28.7 Å². The Morgan fingerprint density at radius 3 is 2.47 bits per heavy atom. The molecule has 10 nitrogen and oxygen atoms in total. The number of fused-ring (bicyclic) bond motifs is 1. The zero-order valence-corrected chi connectivity index (χ0v) is 17.4. The van der Waals surface area contributed by atoms with Crippen LogP contribution in [0, 0.1) is 0 Å². The van der Waals surface area contributed by atoms with E-state index in [1.807, 2.05) is 0 Å². The highest BCUT2D eigenvalue weighted by Crippen LogP contribution is 2.41. The Morgan fingerprint density at radius 2 is 1.80 bits per heavy atom. The van der Waals surface area contributed by atoms with Crippen LogP contribution >= 0.6 is 11.8 Å². The number of hydrogen-bond donors (Lipinski definition) is 1. The van der Waals surface area contributed by atoms with Gasteiger partial charge in [0.1, 0.15) is 16.2 Å². The lowest BCUT2D eigenvalue weighted by Crippen LogP contribution is -2.37. The van der Waals surface area contributed by atoms with Crippen LogP contribution in [0.3, 0.4) is 0 Å². The van der Waals surface area contributed by atoms with E-state index in [0.717, 1.165) is 30.3 Å². The predicted octanol–water partition coefficient (Wildman–Crippen LogP) is 0.382. The molecule has 2 aliphatic rings. The highest BCUT2D eigenvalue weighted by Gasteiger charge is 2.32. The molecular formula is C19H20N6O4S. The average molecular weight is 428 g/mol. The van der Waals surface area contributed by atoms with Crippen molar-refractivity contribution in [2.45, 2.75) is 48.4 Å². The molecule has 3 aromatic heterocycles. The van der Waals surface area contributed by atoms with Crippen LogP contribution in [0.15, 0.2) is 30.3 Å². The molecule has 11 heteroatoms. The van der Waals surface area contributed by atoms with Crippen LogP contribution < -0.4 is 22.5 Å². The number of aromatic nitrogens is 6. The van der Waals surface area contributed by atoms with Gasteiger partial charge in [0.15, 0.2) is 5.65 Å². The van der Waals surface area contributed by atoms with Gasteiger partial charge in [-0.1, -0.05) is 11.8 Å². The average Bonchev–Trinajstić information content (AvgIpc) is 3.60. The summed E-state index contributed by atoms with van der Waals surface area (Å²) in [5.41, 5.74) is -0.858. The minimum atomic E-state index is -0.519. The summed E-state index contributed by atoms with van der Waals surface area (Å²) in [6.45, 7) is 0. The van der Waals surface area contributed by atoms with Crippen LogP contribution in [0.4, 0.5) is 0 Å². The summed E-state index contributed by atoms with van der Waals surface area (Å²) in [6.07, 6.45) is 3.72. The molecule has 30 heavy (non-hydrogen) atoms. The maximum absolute atomic E-state index is 12.7. The Kier molecular flexibility index (Phi) is 4.31. The van der Waals surface area contributed by atoms with Crippen LogP contribution in [0.5, 0.6) is 0 Å². The molecule has 0 atom stereocenters. The number of rotatable bonds is 5. The number of H-pyrrole nitrogens is 1. The largest absolute Gasteiger partial charge is 0.330 e. The normalized spacial score (nSPS) is 16.3. The molecule has 1 N–H and O–H groups in total. The molecule has 2 fully saturated rings. The van der Waals surface area contributed by atoms with Crippen LogP contribution in [-0.2, 0) is 19.8 Å². The summed E-state index contributed by atoms with van der Waals surface area (Å²) in [7, 11) is 3.03. The molecule has 5 rings (SSSR count). The summed E-state index contributed by atoms with van der Waals surface area (Å²) in [4.78, 5) is 61.0. The first-order valence-electron chi connectivity index (χ1n) is 9.80. The molecular weight excluding hydrogens is 408 g/mol. The smallest absolute Gasteiger partial charge is 0.300 e. The summed E-state index contributed by atoms with van der Waals surface area (Å²) in [5, 5.41) is 0.746. The second kappa shape index (κ2) is 6.79. The number of hydrogen-bond acceptors (Lipinski definition) is 7. The standard InChI is InChI=1S/C19H20N6O4S/c1-23-11(7-12(26)24(2)19(23)29)8-30-17-13-15(20-14(21-17)9-3-4-9)25(10-5-6-10)18(28)22-16(13)27/h7,9-10H,3-6,8H2,1-2H3,(H,22,27,28). The molecule has 2 saturated carbocycles. The molecule has 0 amide bonds. The Hall–Kier alpha value is -2.95. The Labute approximate surface area is 173 Å². The SMILES string of the molecule is Cn1c(CSc2nc(C3CC3)nc3c2c(=O)[nH]c(=O)n3C2CC2)cc(=O)n(C)c1=O. The molecule has 3 aromatic rings. The molecule has 2 aliphatic carbocycles. The Morgan fingerprint density at radius 1 is 1.07 bits per heavy atom. The van der Waals surface area contributed by atoms with E-state index in [9.17, 15) is 19.2 Å². The predicted molar refractivity (Wildman–Crippen MR) is 111 cm³/mol. The van der Waals surface area contributed by atoms with Gasteiger partial charge in [-0.15, -0.1) is 0 Å². The molecule has 0 bridgehead atoms. The molecule has 0 radical (unpaired) electrons. The first kappa shape index (κ1) is 19.0. The number of thioether (sulfide) groups is 1. The molecule has 0 spiro atoms. The fraction of sp³-hybridized carbons (Fsp3) is 0.474. The third-order valence-electron chi connectivity index (χ3n) is 5.61. The van der Waals surface area contributed by atoms with E-state index in [2.05, 4.69) is 15.0 Å². The second-order valence-electron chi connectivity index (χ2n) is 7.88. The first-order valence-corrected chi connectivity index (χ1v) is 10.8. The van der Waals surface area contributed by atoms with Crippen LogP contribution in [0.1, 0.15) is 49.2 Å². The van der Waals surface area contributed by atoms with Gasteiger partial charge in [0.05, 0.1) is 0 Å². The van der Waals surface area contributed by atoms with E-state index in [1.54, 1.807) is 11.6 Å². The maximum Gasteiger partial charge on any atom is 0.330 e. The summed E-state index contributed by atoms with van der Waals surface area (Å²) >= 11 is 1.27. The monoisotopic (exact) mass is 428 g/mol. The van der Waals surface area contributed by atoms with Crippen LogP contribution in [0.2, 0.25) is 0 Å². The van der Waals surface area contributed by atoms with Gasteiger partial charge in [-0.05, 0) is 25.7 Å². The second-order valence-corrected chi connectivity index (χ2v) is 8.85. The van der Waals surface area contributed by atoms with Gasteiger partial charge in [0.2, 0.25) is 0 Å². The van der Waals surface area contributed by atoms with Crippen molar-refractivity contribution in [3.63, 3.8) is 0 Å². The van der Waals surface area contributed by atoms with Crippen molar-refractivity contribution in [2.24, 2.45) is 14.1 Å². The van der Waals surface area contributed by atoms with E-state index in [4.69, 9.17) is 0 Å². The third-order valence-corrected chi connectivity index (χ3v) is 6.61. The highest BCUT2D eigenvalue weighted by atomic mass is 32.2. The fourth-order valence-electron chi connectivity index (χ4n) is 3.49. The van der Waals surface area contributed by atoms with Crippen molar-refractivity contribution in [1.29, 1.82) is 0 Å². The molecule has 3 heterocycles. The summed E-state index contributed by atoms with van der Waals surface area (Å²) < 4.78 is 4.02. The van der Waals surface area contributed by atoms with Gasteiger partial charge in [0, 0.05) is 43.6 Å². The van der Waals surface area contributed by atoms with Crippen LogP contribution in [0.25, 0.3) is 11.0 Å². The van der Waals surface area contributed by atoms with Crippen molar-refractivity contribution < 1.29 is 0 Å². The molecule has 156 valence electrons. The Bertz CT molecular complexity index is 1420. The van der Waals surface area contributed by atoms with Crippen molar-refractivity contribution in [3.05, 3.63) is 59.3 Å². The van der Waals surface area contributed by atoms with Gasteiger partial charge in [-0.3, -0.25) is 28.3 Å². The minimum absolute atomic E-state index is 0.0506. The summed E-state index contributed by atoms with van der Waals surface area (Å²) in [5.74, 6) is 1.16. The van der Waals surface area contributed by atoms with E-state index < -0.39 is 16.9 Å². The van der Waals surface area contributed by atoms with E-state index >= 15 is 0 Å². The van der Waals surface area contributed by atoms with Gasteiger partial charge in [-0.25, -0.2) is 19.6 Å². The minimum Gasteiger partial charge on any atom is -0.300 e. The quantitative estimate of drug-likeness (QED) is 0.460. The number of nitrogens with zero attached hydrogens (tertiary/aromatic N) is 5. The fourth-order valence-corrected chi connectivity index (χ4v) is 4.54. The third kappa shape index (κ3) is 3.13. The molecule has 0 saturated heterocycles. The highest BCUT2D eigenvalue weighted by molar-refractivity contribution is 7.98. The lowest BCUT2D eigenvalue weighted by molar-refractivity contribution is 0.665. The van der Waals surface area contributed by atoms with Gasteiger partial charge >= 0.3 is 11.4 Å². The van der Waals surface area contributed by atoms with Crippen molar-refractivity contribution in [3.8, 4) is 0 Å². The zero-order chi connectivity index (χ0) is 21.2. The molecule has 0 aliphatic heterocycles.